The first-order valence-electron chi connectivity index (χ1n) is 6.56. The van der Waals surface area contributed by atoms with Crippen LogP contribution in [-0.4, -0.2) is 12.0 Å². The van der Waals surface area contributed by atoms with E-state index in [-0.39, 0.29) is 5.82 Å². The van der Waals surface area contributed by atoms with E-state index in [1.807, 2.05) is 7.05 Å². The molecule has 18 heavy (non-hydrogen) atoms. The molecule has 94 valence electrons. The molecule has 1 aromatic carbocycles. The highest BCUT2D eigenvalue weighted by atomic mass is 19.1. The molecule has 0 amide bonds. The molecule has 0 bridgehead atoms. The Morgan fingerprint density at radius 1 is 1.22 bits per heavy atom. The number of hydrogen-bond donors (Lipinski definition) is 1. The standard InChI is InChI=1S/C15H17FN2/c1-17-14-9-13(10-4-2-3-5-10)18-15-8-11(16)6-7-12(14)15/h6-10H,2-5H2,1H3,(H,17,18). The lowest BCUT2D eigenvalue weighted by Crippen LogP contribution is -2.00. The van der Waals surface area contributed by atoms with E-state index in [0.717, 1.165) is 22.3 Å². The number of benzene rings is 1. The number of fused-ring (bicyclic) bond motifs is 1. The number of aromatic nitrogens is 1. The molecule has 0 saturated heterocycles. The van der Waals surface area contributed by atoms with Crippen LogP contribution in [-0.2, 0) is 0 Å². The van der Waals surface area contributed by atoms with Crippen molar-refractivity contribution in [3.8, 4) is 0 Å². The molecule has 3 rings (SSSR count). The van der Waals surface area contributed by atoms with Crippen molar-refractivity contribution in [2.45, 2.75) is 31.6 Å². The van der Waals surface area contributed by atoms with Gasteiger partial charge in [0, 0.05) is 35.8 Å². The fourth-order valence-electron chi connectivity index (χ4n) is 2.86. The maximum Gasteiger partial charge on any atom is 0.125 e. The van der Waals surface area contributed by atoms with Gasteiger partial charge in [0.15, 0.2) is 0 Å². The predicted octanol–water partition coefficient (Wildman–Crippen LogP) is 4.07. The van der Waals surface area contributed by atoms with Crippen molar-refractivity contribution in [2.24, 2.45) is 0 Å². The second-order valence-electron chi connectivity index (χ2n) is 4.99. The number of hydrogen-bond acceptors (Lipinski definition) is 2. The summed E-state index contributed by atoms with van der Waals surface area (Å²) >= 11 is 0. The number of anilines is 1. The molecule has 1 heterocycles. The summed E-state index contributed by atoms with van der Waals surface area (Å²) in [6.45, 7) is 0. The van der Waals surface area contributed by atoms with E-state index in [2.05, 4.69) is 16.4 Å². The van der Waals surface area contributed by atoms with Crippen molar-refractivity contribution < 1.29 is 4.39 Å². The lowest BCUT2D eigenvalue weighted by Gasteiger charge is -2.13. The first-order valence-corrected chi connectivity index (χ1v) is 6.56. The summed E-state index contributed by atoms with van der Waals surface area (Å²) in [6, 6.07) is 6.92. The largest absolute Gasteiger partial charge is 0.388 e. The van der Waals surface area contributed by atoms with Crippen molar-refractivity contribution in [1.29, 1.82) is 0 Å². The average molecular weight is 244 g/mol. The number of nitrogens with zero attached hydrogens (tertiary/aromatic N) is 1. The summed E-state index contributed by atoms with van der Waals surface area (Å²) in [5, 5.41) is 4.18. The zero-order valence-corrected chi connectivity index (χ0v) is 10.5. The third kappa shape index (κ3) is 1.94. The zero-order valence-electron chi connectivity index (χ0n) is 10.5. The predicted molar refractivity (Wildman–Crippen MR) is 72.5 cm³/mol. The van der Waals surface area contributed by atoms with Gasteiger partial charge in [-0.1, -0.05) is 12.8 Å². The van der Waals surface area contributed by atoms with Gasteiger partial charge in [-0.3, -0.25) is 4.98 Å². The molecule has 2 aromatic rings. The van der Waals surface area contributed by atoms with Crippen LogP contribution in [0.4, 0.5) is 10.1 Å². The normalized spacial score (nSPS) is 16.3. The maximum atomic E-state index is 13.3. The molecule has 0 unspecified atom stereocenters. The smallest absolute Gasteiger partial charge is 0.125 e. The SMILES string of the molecule is CNc1cc(C2CCCC2)nc2cc(F)ccc12. The van der Waals surface area contributed by atoms with Crippen molar-refractivity contribution in [3.63, 3.8) is 0 Å². The highest BCUT2D eigenvalue weighted by Crippen LogP contribution is 2.35. The van der Waals surface area contributed by atoms with Gasteiger partial charge >= 0.3 is 0 Å². The molecule has 1 fully saturated rings. The van der Waals surface area contributed by atoms with E-state index >= 15 is 0 Å². The Morgan fingerprint density at radius 2 is 2.00 bits per heavy atom. The Morgan fingerprint density at radius 3 is 2.72 bits per heavy atom. The Kier molecular flexibility index (Phi) is 2.90. The van der Waals surface area contributed by atoms with Crippen LogP contribution < -0.4 is 5.32 Å². The summed E-state index contributed by atoms with van der Waals surface area (Å²) in [5.74, 6) is 0.324. The van der Waals surface area contributed by atoms with Gasteiger partial charge in [0.25, 0.3) is 0 Å². The van der Waals surface area contributed by atoms with E-state index in [9.17, 15) is 4.39 Å². The molecule has 0 radical (unpaired) electrons. The second-order valence-corrected chi connectivity index (χ2v) is 4.99. The van der Waals surface area contributed by atoms with E-state index in [1.54, 1.807) is 6.07 Å². The summed E-state index contributed by atoms with van der Waals surface area (Å²) in [7, 11) is 1.90. The minimum absolute atomic E-state index is 0.222. The Bertz CT molecular complexity index is 574. The second kappa shape index (κ2) is 4.56. The number of halogens is 1. The highest BCUT2D eigenvalue weighted by molar-refractivity contribution is 5.91. The fourth-order valence-corrected chi connectivity index (χ4v) is 2.86. The van der Waals surface area contributed by atoms with E-state index in [0.29, 0.717) is 5.92 Å². The van der Waals surface area contributed by atoms with Crippen molar-refractivity contribution >= 4 is 16.6 Å². The molecule has 1 aliphatic rings. The van der Waals surface area contributed by atoms with Crippen LogP contribution in [0.25, 0.3) is 10.9 Å². The number of rotatable bonds is 2. The molecular weight excluding hydrogens is 227 g/mol. The minimum Gasteiger partial charge on any atom is -0.388 e. The zero-order chi connectivity index (χ0) is 12.5. The number of nitrogens with one attached hydrogen (secondary N) is 1. The van der Waals surface area contributed by atoms with Crippen LogP contribution in [0.2, 0.25) is 0 Å². The van der Waals surface area contributed by atoms with Gasteiger partial charge < -0.3 is 5.32 Å². The summed E-state index contributed by atoms with van der Waals surface area (Å²) in [6.07, 6.45) is 4.97. The van der Waals surface area contributed by atoms with Crippen molar-refractivity contribution in [3.05, 3.63) is 35.8 Å². The topological polar surface area (TPSA) is 24.9 Å². The summed E-state index contributed by atoms with van der Waals surface area (Å²) in [5.41, 5.74) is 2.90. The molecule has 3 heteroatoms. The Balaban J connectivity index is 2.15. The molecule has 0 atom stereocenters. The molecular formula is C15H17FN2. The van der Waals surface area contributed by atoms with Crippen LogP contribution in [0.15, 0.2) is 24.3 Å². The molecule has 2 nitrogen and oxygen atoms in total. The maximum absolute atomic E-state index is 13.3. The van der Waals surface area contributed by atoms with Crippen molar-refractivity contribution in [1.82, 2.24) is 4.98 Å². The van der Waals surface area contributed by atoms with Gasteiger partial charge in [0.05, 0.1) is 5.52 Å². The van der Waals surface area contributed by atoms with Gasteiger partial charge in [-0.05, 0) is 31.0 Å². The minimum atomic E-state index is -0.222. The highest BCUT2D eigenvalue weighted by Gasteiger charge is 2.19. The molecule has 0 spiro atoms. The Hall–Kier alpha value is -1.64. The van der Waals surface area contributed by atoms with Crippen LogP contribution in [0.1, 0.15) is 37.3 Å². The quantitative estimate of drug-likeness (QED) is 0.861. The fraction of sp³-hybridized carbons (Fsp3) is 0.400. The molecule has 1 aliphatic carbocycles. The molecule has 1 aromatic heterocycles. The molecule has 0 aliphatic heterocycles. The third-order valence-electron chi connectivity index (χ3n) is 3.83. The van der Waals surface area contributed by atoms with Gasteiger partial charge in [0.1, 0.15) is 5.82 Å². The van der Waals surface area contributed by atoms with E-state index in [4.69, 9.17) is 0 Å². The van der Waals surface area contributed by atoms with Gasteiger partial charge in [0.2, 0.25) is 0 Å². The van der Waals surface area contributed by atoms with Crippen molar-refractivity contribution in [2.75, 3.05) is 12.4 Å². The first kappa shape index (κ1) is 11.5. The average Bonchev–Trinajstić information content (AvgIpc) is 2.90. The van der Waals surface area contributed by atoms with Gasteiger partial charge in [-0.2, -0.15) is 0 Å². The lowest BCUT2D eigenvalue weighted by atomic mass is 10.0. The van der Waals surface area contributed by atoms with Crippen LogP contribution in [0, 0.1) is 5.82 Å². The summed E-state index contributed by atoms with van der Waals surface area (Å²) in [4.78, 5) is 4.65. The van der Waals surface area contributed by atoms with Crippen LogP contribution in [0.5, 0.6) is 0 Å². The monoisotopic (exact) mass is 244 g/mol. The van der Waals surface area contributed by atoms with E-state index < -0.39 is 0 Å². The first-order chi connectivity index (χ1) is 8.78. The van der Waals surface area contributed by atoms with Crippen LogP contribution in [0.3, 0.4) is 0 Å². The van der Waals surface area contributed by atoms with Crippen LogP contribution >= 0.6 is 0 Å². The number of pyridine rings is 1. The summed E-state index contributed by atoms with van der Waals surface area (Å²) < 4.78 is 13.3. The Labute approximate surface area is 106 Å². The van der Waals surface area contributed by atoms with E-state index in [1.165, 1.54) is 37.8 Å². The third-order valence-corrected chi connectivity index (χ3v) is 3.83. The molecule has 1 N–H and O–H groups in total. The van der Waals surface area contributed by atoms with Gasteiger partial charge in [-0.15, -0.1) is 0 Å². The van der Waals surface area contributed by atoms with Gasteiger partial charge in [-0.25, -0.2) is 4.39 Å². The molecule has 1 saturated carbocycles. The lowest BCUT2D eigenvalue weighted by molar-refractivity contribution is 0.629.